The van der Waals surface area contributed by atoms with Crippen molar-refractivity contribution in [3.05, 3.63) is 22.9 Å². The second-order valence-electron chi connectivity index (χ2n) is 3.68. The summed E-state index contributed by atoms with van der Waals surface area (Å²) in [5, 5.41) is -0.394. The molecule has 0 N–H and O–H groups in total. The normalized spacial score (nSPS) is 13.8. The summed E-state index contributed by atoms with van der Waals surface area (Å²) in [6, 6.07) is 1.50. The quantitative estimate of drug-likeness (QED) is 0.727. The standard InChI is InChI=1S/C10H14BrClN2O3S/c1-14(6-9(12)7-17-2)18(15,16)10-3-8(11)4-13-5-10/h3-5,9H,6-7H2,1-2H3. The second-order valence-corrected chi connectivity index (χ2v) is 7.25. The first kappa shape index (κ1) is 15.8. The van der Waals surface area contributed by atoms with Crippen LogP contribution in [0, 0.1) is 0 Å². The Labute approximate surface area is 120 Å². The SMILES string of the molecule is COCC(Cl)CN(C)S(=O)(=O)c1cncc(Br)c1. The molecule has 1 aromatic heterocycles. The summed E-state index contributed by atoms with van der Waals surface area (Å²) in [6.07, 6.45) is 2.82. The van der Waals surface area contributed by atoms with E-state index < -0.39 is 15.4 Å². The predicted molar refractivity (Wildman–Crippen MR) is 73.3 cm³/mol. The first-order valence-electron chi connectivity index (χ1n) is 5.08. The summed E-state index contributed by atoms with van der Waals surface area (Å²) in [5.74, 6) is 0. The molecule has 0 saturated carbocycles. The van der Waals surface area contributed by atoms with Gasteiger partial charge < -0.3 is 4.74 Å². The summed E-state index contributed by atoms with van der Waals surface area (Å²) in [5.41, 5.74) is 0. The Morgan fingerprint density at radius 1 is 1.56 bits per heavy atom. The molecule has 1 aromatic rings. The van der Waals surface area contributed by atoms with Gasteiger partial charge in [0.1, 0.15) is 4.90 Å². The molecule has 1 heterocycles. The van der Waals surface area contributed by atoms with E-state index in [1.54, 1.807) is 0 Å². The van der Waals surface area contributed by atoms with Crippen molar-refractivity contribution in [2.45, 2.75) is 10.3 Å². The zero-order valence-corrected chi connectivity index (χ0v) is 13.2. The highest BCUT2D eigenvalue weighted by Crippen LogP contribution is 2.18. The van der Waals surface area contributed by atoms with Gasteiger partial charge in [0.05, 0.1) is 12.0 Å². The number of aromatic nitrogens is 1. The molecule has 0 bridgehead atoms. The van der Waals surface area contributed by atoms with Gasteiger partial charge in [-0.1, -0.05) is 0 Å². The number of nitrogens with zero attached hydrogens (tertiary/aromatic N) is 2. The molecule has 102 valence electrons. The number of pyridine rings is 1. The number of rotatable bonds is 6. The van der Waals surface area contributed by atoms with Crippen LogP contribution in [0.2, 0.25) is 0 Å². The van der Waals surface area contributed by atoms with Crippen LogP contribution >= 0.6 is 27.5 Å². The molecule has 0 aliphatic rings. The molecule has 18 heavy (non-hydrogen) atoms. The molecule has 1 atom stereocenters. The van der Waals surface area contributed by atoms with E-state index in [0.29, 0.717) is 4.47 Å². The molecule has 0 fully saturated rings. The van der Waals surface area contributed by atoms with Gasteiger partial charge in [-0.3, -0.25) is 4.98 Å². The molecule has 8 heteroatoms. The van der Waals surface area contributed by atoms with Crippen LogP contribution in [-0.2, 0) is 14.8 Å². The van der Waals surface area contributed by atoms with Crippen LogP contribution in [0.5, 0.6) is 0 Å². The Kier molecular flexibility index (Phi) is 6.00. The van der Waals surface area contributed by atoms with Gasteiger partial charge in [-0.05, 0) is 22.0 Å². The van der Waals surface area contributed by atoms with E-state index in [1.807, 2.05) is 0 Å². The number of sulfonamides is 1. The molecule has 0 spiro atoms. The lowest BCUT2D eigenvalue weighted by Crippen LogP contribution is -2.34. The number of ether oxygens (including phenoxy) is 1. The average molecular weight is 358 g/mol. The molecule has 0 aliphatic heterocycles. The van der Waals surface area contributed by atoms with Gasteiger partial charge in [0, 0.05) is 37.6 Å². The molecular formula is C10H14BrClN2O3S. The highest BCUT2D eigenvalue weighted by molar-refractivity contribution is 9.10. The third-order valence-corrected chi connectivity index (χ3v) is 4.68. The summed E-state index contributed by atoms with van der Waals surface area (Å²) < 4.78 is 31.0. The summed E-state index contributed by atoms with van der Waals surface area (Å²) >= 11 is 9.13. The molecule has 0 aromatic carbocycles. The minimum absolute atomic E-state index is 0.126. The van der Waals surface area contributed by atoms with Crippen LogP contribution in [0.4, 0.5) is 0 Å². The fourth-order valence-corrected chi connectivity index (χ4v) is 3.46. The summed E-state index contributed by atoms with van der Waals surface area (Å²) in [4.78, 5) is 3.96. The average Bonchev–Trinajstić information content (AvgIpc) is 2.29. The third-order valence-electron chi connectivity index (χ3n) is 2.19. The number of methoxy groups -OCH3 is 1. The van der Waals surface area contributed by atoms with Crippen LogP contribution in [0.15, 0.2) is 27.8 Å². The van der Waals surface area contributed by atoms with Crippen molar-refractivity contribution >= 4 is 37.6 Å². The molecular weight excluding hydrogens is 344 g/mol. The zero-order valence-electron chi connectivity index (χ0n) is 10.0. The van der Waals surface area contributed by atoms with E-state index in [9.17, 15) is 8.42 Å². The highest BCUT2D eigenvalue weighted by atomic mass is 79.9. The van der Waals surface area contributed by atoms with Crippen LogP contribution in [-0.4, -0.2) is 50.4 Å². The third kappa shape index (κ3) is 4.17. The van der Waals surface area contributed by atoms with Crippen LogP contribution in [0.25, 0.3) is 0 Å². The Bertz CT molecular complexity index is 498. The van der Waals surface area contributed by atoms with Gasteiger partial charge in [0.2, 0.25) is 10.0 Å². The predicted octanol–water partition coefficient (Wildman–Crippen LogP) is 1.72. The minimum atomic E-state index is -3.57. The molecule has 1 rings (SSSR count). The topological polar surface area (TPSA) is 59.5 Å². The van der Waals surface area contributed by atoms with E-state index in [0.717, 1.165) is 0 Å². The maximum absolute atomic E-state index is 12.2. The monoisotopic (exact) mass is 356 g/mol. The Balaban J connectivity index is 2.86. The van der Waals surface area contributed by atoms with Crippen molar-refractivity contribution in [3.63, 3.8) is 0 Å². The Morgan fingerprint density at radius 3 is 2.78 bits per heavy atom. The van der Waals surface area contributed by atoms with Gasteiger partial charge in [0.15, 0.2) is 0 Å². The van der Waals surface area contributed by atoms with Crippen molar-refractivity contribution in [1.82, 2.24) is 9.29 Å². The molecule has 0 aliphatic carbocycles. The second kappa shape index (κ2) is 6.81. The highest BCUT2D eigenvalue weighted by Gasteiger charge is 2.23. The first-order valence-corrected chi connectivity index (χ1v) is 7.74. The largest absolute Gasteiger partial charge is 0.383 e. The number of alkyl halides is 1. The van der Waals surface area contributed by atoms with Crippen molar-refractivity contribution in [2.24, 2.45) is 0 Å². The number of halogens is 2. The fourth-order valence-electron chi connectivity index (χ4n) is 1.32. The number of hydrogen-bond acceptors (Lipinski definition) is 4. The zero-order chi connectivity index (χ0) is 13.8. The lowest BCUT2D eigenvalue weighted by Gasteiger charge is -2.19. The fraction of sp³-hybridized carbons (Fsp3) is 0.500. The van der Waals surface area contributed by atoms with E-state index in [2.05, 4.69) is 20.9 Å². The Morgan fingerprint density at radius 2 is 2.22 bits per heavy atom. The first-order chi connectivity index (χ1) is 8.37. The van der Waals surface area contributed by atoms with Crippen LogP contribution in [0.1, 0.15) is 0 Å². The number of hydrogen-bond donors (Lipinski definition) is 0. The molecule has 0 radical (unpaired) electrons. The van der Waals surface area contributed by atoms with Crippen molar-refractivity contribution in [3.8, 4) is 0 Å². The van der Waals surface area contributed by atoms with Gasteiger partial charge in [-0.25, -0.2) is 8.42 Å². The maximum atomic E-state index is 12.2. The van der Waals surface area contributed by atoms with Crippen molar-refractivity contribution < 1.29 is 13.2 Å². The lowest BCUT2D eigenvalue weighted by atomic mass is 10.4. The van der Waals surface area contributed by atoms with E-state index in [4.69, 9.17) is 16.3 Å². The molecule has 0 amide bonds. The molecule has 0 saturated heterocycles. The minimum Gasteiger partial charge on any atom is -0.383 e. The molecule has 5 nitrogen and oxygen atoms in total. The summed E-state index contributed by atoms with van der Waals surface area (Å²) in [7, 11) is -0.585. The Hall–Kier alpha value is -0.210. The van der Waals surface area contributed by atoms with E-state index in [1.165, 1.54) is 36.9 Å². The van der Waals surface area contributed by atoms with Gasteiger partial charge >= 0.3 is 0 Å². The molecule has 1 unspecified atom stereocenters. The van der Waals surface area contributed by atoms with E-state index in [-0.39, 0.29) is 18.0 Å². The van der Waals surface area contributed by atoms with Gasteiger partial charge in [0.25, 0.3) is 0 Å². The van der Waals surface area contributed by atoms with Crippen LogP contribution < -0.4 is 0 Å². The van der Waals surface area contributed by atoms with Crippen molar-refractivity contribution in [2.75, 3.05) is 27.3 Å². The van der Waals surface area contributed by atoms with Gasteiger partial charge in [-0.2, -0.15) is 4.31 Å². The maximum Gasteiger partial charge on any atom is 0.244 e. The van der Waals surface area contributed by atoms with Gasteiger partial charge in [-0.15, -0.1) is 11.6 Å². The van der Waals surface area contributed by atoms with E-state index >= 15 is 0 Å². The van der Waals surface area contributed by atoms with Crippen LogP contribution in [0.3, 0.4) is 0 Å². The van der Waals surface area contributed by atoms with Crippen molar-refractivity contribution in [1.29, 1.82) is 0 Å². The summed E-state index contributed by atoms with van der Waals surface area (Å²) in [6.45, 7) is 0.461. The lowest BCUT2D eigenvalue weighted by molar-refractivity contribution is 0.192. The smallest absolute Gasteiger partial charge is 0.244 e.